The van der Waals surface area contributed by atoms with Gasteiger partial charge < -0.3 is 29.9 Å². The van der Waals surface area contributed by atoms with E-state index in [2.05, 4.69) is 30.5 Å². The number of amides is 1. The Hall–Kier alpha value is -3.79. The predicted octanol–water partition coefficient (Wildman–Crippen LogP) is 7.47. The third kappa shape index (κ3) is 9.13. The molecule has 1 aliphatic heterocycles. The van der Waals surface area contributed by atoms with Crippen LogP contribution in [0.4, 0.5) is 25.4 Å². The number of thiazole rings is 1. The molecule has 0 saturated carbocycles. The van der Waals surface area contributed by atoms with Crippen molar-refractivity contribution in [2.75, 3.05) is 37.4 Å². The van der Waals surface area contributed by atoms with E-state index in [9.17, 15) is 27.9 Å². The molecule has 288 valence electrons. The van der Waals surface area contributed by atoms with Gasteiger partial charge in [0.25, 0.3) is 0 Å². The van der Waals surface area contributed by atoms with Crippen molar-refractivity contribution >= 4 is 52.6 Å². The summed E-state index contributed by atoms with van der Waals surface area (Å²) >= 11 is 1.21. The zero-order valence-electron chi connectivity index (χ0n) is 30.9. The molecule has 17 heteroatoms. The molecule has 13 nitrogen and oxygen atoms in total. The minimum atomic E-state index is -4.82. The van der Waals surface area contributed by atoms with Crippen LogP contribution in [0.25, 0.3) is 10.9 Å². The van der Waals surface area contributed by atoms with Crippen molar-refractivity contribution in [3.05, 3.63) is 59.4 Å². The third-order valence-corrected chi connectivity index (χ3v) is 10.9. The van der Waals surface area contributed by atoms with Crippen molar-refractivity contribution in [3.8, 4) is 11.5 Å². The van der Waals surface area contributed by atoms with E-state index < -0.39 is 41.8 Å². The lowest BCUT2D eigenvalue weighted by Crippen LogP contribution is -2.65. The minimum absolute atomic E-state index is 0.0953. The highest BCUT2D eigenvalue weighted by Crippen LogP contribution is 2.59. The van der Waals surface area contributed by atoms with E-state index in [1.165, 1.54) is 43.1 Å². The lowest BCUT2D eigenvalue weighted by Gasteiger charge is -2.57. The van der Waals surface area contributed by atoms with Crippen LogP contribution in [0.15, 0.2) is 42.9 Å². The molecule has 4 N–H and O–H groups in total. The molecule has 1 amide bonds. The zero-order valence-corrected chi connectivity index (χ0v) is 32.6. The van der Waals surface area contributed by atoms with Crippen LogP contribution in [-0.4, -0.2) is 74.0 Å². The van der Waals surface area contributed by atoms with Gasteiger partial charge in [-0.2, -0.15) is 0 Å². The highest BCUT2D eigenvalue weighted by molar-refractivity contribution is 7.46. The van der Waals surface area contributed by atoms with Crippen molar-refractivity contribution in [1.82, 2.24) is 19.9 Å². The van der Waals surface area contributed by atoms with Gasteiger partial charge in [-0.15, -0.1) is 11.3 Å². The number of carbonyl (C=O) groups excluding carboxylic acids is 1. The van der Waals surface area contributed by atoms with E-state index in [4.69, 9.17) is 14.0 Å². The van der Waals surface area contributed by atoms with Gasteiger partial charge in [-0.1, -0.05) is 47.6 Å². The van der Waals surface area contributed by atoms with E-state index in [1.807, 2.05) is 41.5 Å². The number of nitrogens with zero attached hydrogens (tertiary/aromatic N) is 4. The maximum absolute atomic E-state index is 14.0. The average molecular weight is 777 g/mol. The number of carbonyl (C=O) groups is 1. The molecule has 0 unspecified atom stereocenters. The summed E-state index contributed by atoms with van der Waals surface area (Å²) in [4.78, 5) is 48.6. The monoisotopic (exact) mass is 776 g/mol. The number of benzene rings is 2. The molecule has 0 aliphatic carbocycles. The molecule has 0 radical (unpaired) electrons. The number of hydrogen-bond acceptors (Lipinski definition) is 11. The highest BCUT2D eigenvalue weighted by Gasteiger charge is 2.61. The lowest BCUT2D eigenvalue weighted by atomic mass is 9.58. The molecule has 1 aliphatic rings. The Kier molecular flexibility index (Phi) is 12.1. The Bertz CT molecular complexity index is 1970. The molecule has 1 fully saturated rings. The number of halogens is 2. The molecule has 4 aromatic rings. The Labute approximate surface area is 311 Å². The van der Waals surface area contributed by atoms with E-state index in [0.717, 1.165) is 25.5 Å². The second-order valence-corrected chi connectivity index (χ2v) is 17.3. The molecule has 0 spiro atoms. The van der Waals surface area contributed by atoms with Crippen LogP contribution in [0, 0.1) is 22.5 Å². The molecule has 53 heavy (non-hydrogen) atoms. The van der Waals surface area contributed by atoms with E-state index >= 15 is 0 Å². The van der Waals surface area contributed by atoms with Gasteiger partial charge in [-0.3, -0.25) is 14.2 Å². The smallest absolute Gasteiger partial charge is 0.470 e. The summed E-state index contributed by atoms with van der Waals surface area (Å²) in [5.41, 5.74) is -1.97. The molecule has 1 atom stereocenters. The zero-order chi connectivity index (χ0) is 38.8. The van der Waals surface area contributed by atoms with E-state index in [0.29, 0.717) is 57.8 Å². The third-order valence-electron chi connectivity index (χ3n) is 9.43. The summed E-state index contributed by atoms with van der Waals surface area (Å²) in [5.74, 6) is -1.30. The summed E-state index contributed by atoms with van der Waals surface area (Å²) in [6.07, 6.45) is 5.09. The van der Waals surface area contributed by atoms with Crippen molar-refractivity contribution in [2.24, 2.45) is 10.8 Å². The summed E-state index contributed by atoms with van der Waals surface area (Å²) in [5, 5.41) is 6.64. The Morgan fingerprint density at radius 1 is 1.08 bits per heavy atom. The number of nitrogens with one attached hydrogen (secondary N) is 2. The molecule has 2 aromatic heterocycles. The van der Waals surface area contributed by atoms with Gasteiger partial charge in [-0.05, 0) is 54.8 Å². The maximum atomic E-state index is 14.0. The standard InChI is InChI=1S/C36H47F2N6O7PS/c1-34(2,3)36(35(4,5)6,51-52(46,47)48)29-13-9-14-44(29)15-10-16-50-28-19-26-23(18-27(28)49-7)32(41-21-40-26)43-33-39-20-22(53-33)17-30(45)42-25-12-8-11-24(37)31(25)38/h8,11-12,18-21,29H,9-10,13-17H2,1-7H3,(H,42,45)(H2,46,47,48)(H,39,40,41,43)/t29-/m0/s1. The second-order valence-electron chi connectivity index (χ2n) is 15.0. The fourth-order valence-electron chi connectivity index (χ4n) is 7.59. The lowest BCUT2D eigenvalue weighted by molar-refractivity contribution is -0.168. The maximum Gasteiger partial charge on any atom is 0.470 e. The number of fused-ring (bicyclic) bond motifs is 1. The average Bonchev–Trinajstić information content (AvgIpc) is 3.71. The van der Waals surface area contributed by atoms with Gasteiger partial charge in [0.1, 0.15) is 17.7 Å². The summed E-state index contributed by atoms with van der Waals surface area (Å²) in [6, 6.07) is 6.88. The minimum Gasteiger partial charge on any atom is -0.493 e. The van der Waals surface area contributed by atoms with E-state index in [-0.39, 0.29) is 18.2 Å². The van der Waals surface area contributed by atoms with Crippen molar-refractivity contribution in [2.45, 2.75) is 78.9 Å². The fraction of sp³-hybridized carbons (Fsp3) is 0.500. The number of anilines is 3. The molecule has 2 aromatic carbocycles. The van der Waals surface area contributed by atoms with Crippen LogP contribution in [0.5, 0.6) is 11.5 Å². The molecule has 0 bridgehead atoms. The van der Waals surface area contributed by atoms with Crippen LogP contribution < -0.4 is 20.1 Å². The topological polar surface area (TPSA) is 168 Å². The summed E-state index contributed by atoms with van der Waals surface area (Å²) < 4.78 is 57.6. The Morgan fingerprint density at radius 3 is 2.49 bits per heavy atom. The number of rotatable bonds is 14. The van der Waals surface area contributed by atoms with Crippen LogP contribution in [0.2, 0.25) is 0 Å². The first-order valence-electron chi connectivity index (χ1n) is 17.2. The number of phosphoric ester groups is 1. The van der Waals surface area contributed by atoms with Gasteiger partial charge in [0, 0.05) is 35.1 Å². The molecule has 1 saturated heterocycles. The fourth-order valence-corrected chi connectivity index (χ4v) is 9.44. The first-order valence-corrected chi connectivity index (χ1v) is 19.6. The Morgan fingerprint density at radius 2 is 1.81 bits per heavy atom. The SMILES string of the molecule is COc1cc2c(Nc3ncc(CC(=O)Nc4cccc(F)c4F)s3)ncnc2cc1OCCCN1CCC[C@H]1C(OP(=O)(O)O)(C(C)(C)C)C(C)(C)C. The van der Waals surface area contributed by atoms with Crippen molar-refractivity contribution in [1.29, 1.82) is 0 Å². The van der Waals surface area contributed by atoms with Crippen molar-refractivity contribution < 1.29 is 41.9 Å². The molecular weight excluding hydrogens is 729 g/mol. The number of likely N-dealkylation sites (tertiary alicyclic amines) is 1. The molecule has 5 rings (SSSR count). The van der Waals surface area contributed by atoms with E-state index in [1.54, 1.807) is 12.1 Å². The first-order chi connectivity index (χ1) is 24.8. The van der Waals surface area contributed by atoms with Crippen LogP contribution in [-0.2, 0) is 20.3 Å². The van der Waals surface area contributed by atoms with Gasteiger partial charge in [0.15, 0.2) is 28.3 Å². The molecule has 3 heterocycles. The van der Waals surface area contributed by atoms with Crippen LogP contribution in [0.3, 0.4) is 0 Å². The number of phosphoric acid groups is 1. The number of ether oxygens (including phenoxy) is 2. The second kappa shape index (κ2) is 15.9. The number of hydrogen-bond donors (Lipinski definition) is 4. The molecular formula is C36H47F2N6O7PS. The Balaban J connectivity index is 1.24. The van der Waals surface area contributed by atoms with Crippen LogP contribution >= 0.6 is 19.2 Å². The normalized spacial score (nSPS) is 15.9. The van der Waals surface area contributed by atoms with Crippen molar-refractivity contribution in [3.63, 3.8) is 0 Å². The number of methoxy groups -OCH3 is 1. The largest absolute Gasteiger partial charge is 0.493 e. The van der Waals surface area contributed by atoms with Gasteiger partial charge >= 0.3 is 7.82 Å². The van der Waals surface area contributed by atoms with Gasteiger partial charge in [-0.25, -0.2) is 28.3 Å². The number of aromatic nitrogens is 3. The van der Waals surface area contributed by atoms with Gasteiger partial charge in [0.2, 0.25) is 5.91 Å². The predicted molar refractivity (Wildman–Crippen MR) is 200 cm³/mol. The quantitative estimate of drug-likeness (QED) is 0.0738. The van der Waals surface area contributed by atoms with Crippen LogP contribution in [0.1, 0.15) is 65.7 Å². The summed E-state index contributed by atoms with van der Waals surface area (Å²) in [7, 11) is -3.28. The van der Waals surface area contributed by atoms with Gasteiger partial charge in [0.05, 0.1) is 31.3 Å². The highest BCUT2D eigenvalue weighted by atomic mass is 32.1. The summed E-state index contributed by atoms with van der Waals surface area (Å²) in [6.45, 7) is 13.6. The first kappa shape index (κ1) is 40.4.